The Morgan fingerprint density at radius 3 is 2.71 bits per heavy atom. The van der Waals surface area contributed by atoms with Crippen molar-refractivity contribution >= 4 is 33.4 Å². The number of anilines is 1. The van der Waals surface area contributed by atoms with E-state index >= 15 is 0 Å². The van der Waals surface area contributed by atoms with Crippen LogP contribution < -0.4 is 9.64 Å². The lowest BCUT2D eigenvalue weighted by Gasteiger charge is -2.26. The van der Waals surface area contributed by atoms with Gasteiger partial charge in [0, 0.05) is 6.04 Å². The van der Waals surface area contributed by atoms with Gasteiger partial charge in [-0.25, -0.2) is 8.42 Å². The molecule has 9 nitrogen and oxygen atoms in total. The Balaban J connectivity index is 2.36. The van der Waals surface area contributed by atoms with Gasteiger partial charge in [0.1, 0.15) is 6.54 Å². The summed E-state index contributed by atoms with van der Waals surface area (Å²) in [5.74, 6) is -1.29. The van der Waals surface area contributed by atoms with Crippen LogP contribution in [0.5, 0.6) is 6.01 Å². The Hall–Kier alpha value is -1.68. The molecular weight excluding hydrogens is 324 g/mol. The molecule has 1 fully saturated rings. The van der Waals surface area contributed by atoms with Crippen molar-refractivity contribution in [3.63, 3.8) is 0 Å². The molecule has 1 aromatic heterocycles. The highest BCUT2D eigenvalue weighted by Crippen LogP contribution is 2.23. The summed E-state index contributed by atoms with van der Waals surface area (Å²) in [5, 5.41) is 8.85. The number of halogens is 1. The van der Waals surface area contributed by atoms with Gasteiger partial charge in [-0.2, -0.15) is 15.0 Å². The van der Waals surface area contributed by atoms with Crippen molar-refractivity contribution in [1.82, 2.24) is 15.0 Å². The van der Waals surface area contributed by atoms with Crippen LogP contribution in [0.2, 0.25) is 5.28 Å². The molecule has 116 valence electrons. The maximum absolute atomic E-state index is 11.6. The van der Waals surface area contributed by atoms with Crippen molar-refractivity contribution in [2.45, 2.75) is 12.5 Å². The molecule has 21 heavy (non-hydrogen) atoms. The standard InChI is InChI=1S/C10H13ClN4O5S/c1-20-10-13-8(11)12-9(14-10)15(4-7(16)17)6-2-3-21(18,19)5-6/h6H,2-5H2,1H3,(H,16,17). The van der Waals surface area contributed by atoms with Crippen LogP contribution in [0, 0.1) is 0 Å². The van der Waals surface area contributed by atoms with Crippen molar-refractivity contribution in [1.29, 1.82) is 0 Å². The minimum Gasteiger partial charge on any atom is -0.480 e. The molecule has 2 heterocycles. The normalized spacial score (nSPS) is 20.2. The van der Waals surface area contributed by atoms with Crippen LogP contribution in [0.25, 0.3) is 0 Å². The van der Waals surface area contributed by atoms with Crippen LogP contribution in [0.15, 0.2) is 0 Å². The van der Waals surface area contributed by atoms with Crippen LogP contribution in [-0.2, 0) is 14.6 Å². The first-order valence-electron chi connectivity index (χ1n) is 5.95. The van der Waals surface area contributed by atoms with Crippen LogP contribution in [0.1, 0.15) is 6.42 Å². The Kier molecular flexibility index (Phi) is 4.47. The molecule has 1 N–H and O–H groups in total. The number of carboxylic acid groups (broad SMARTS) is 1. The Bertz CT molecular complexity index is 653. The topological polar surface area (TPSA) is 123 Å². The van der Waals surface area contributed by atoms with Gasteiger partial charge in [-0.05, 0) is 18.0 Å². The molecule has 0 amide bonds. The molecule has 0 spiro atoms. The number of methoxy groups -OCH3 is 1. The van der Waals surface area contributed by atoms with Gasteiger partial charge in [-0.3, -0.25) is 4.79 Å². The summed E-state index contributed by atoms with van der Waals surface area (Å²) in [6, 6.07) is -0.587. The Morgan fingerprint density at radius 1 is 1.48 bits per heavy atom. The number of hydrogen-bond acceptors (Lipinski definition) is 8. The van der Waals surface area contributed by atoms with Crippen LogP contribution >= 0.6 is 11.6 Å². The quantitative estimate of drug-likeness (QED) is 0.765. The summed E-state index contributed by atoms with van der Waals surface area (Å²) in [6.07, 6.45) is 0.307. The average molecular weight is 337 g/mol. The minimum absolute atomic E-state index is 0.00371. The maximum Gasteiger partial charge on any atom is 0.323 e. The molecule has 1 atom stereocenters. The van der Waals surface area contributed by atoms with E-state index in [-0.39, 0.29) is 28.7 Å². The van der Waals surface area contributed by atoms with Crippen molar-refractivity contribution in [2.24, 2.45) is 0 Å². The van der Waals surface area contributed by atoms with Gasteiger partial charge in [-0.15, -0.1) is 0 Å². The first-order chi connectivity index (χ1) is 9.80. The number of aromatic nitrogens is 3. The molecule has 0 aromatic carbocycles. The van der Waals surface area contributed by atoms with Crippen LogP contribution in [0.4, 0.5) is 5.95 Å². The van der Waals surface area contributed by atoms with Crippen molar-refractivity contribution in [3.05, 3.63) is 5.28 Å². The number of nitrogens with zero attached hydrogens (tertiary/aromatic N) is 4. The van der Waals surface area contributed by atoms with E-state index in [1.807, 2.05) is 0 Å². The molecule has 1 saturated heterocycles. The second-order valence-corrected chi connectivity index (χ2v) is 7.04. The third-order valence-electron chi connectivity index (χ3n) is 2.97. The molecule has 0 saturated carbocycles. The molecule has 0 bridgehead atoms. The van der Waals surface area contributed by atoms with E-state index in [0.29, 0.717) is 6.42 Å². The summed E-state index contributed by atoms with van der Waals surface area (Å²) in [5.41, 5.74) is 0. The number of hydrogen-bond donors (Lipinski definition) is 1. The SMILES string of the molecule is COc1nc(Cl)nc(N(CC(=O)O)C2CCS(=O)(=O)C2)n1. The minimum atomic E-state index is -3.18. The van der Waals surface area contributed by atoms with Crippen molar-refractivity contribution < 1.29 is 23.1 Å². The van der Waals surface area contributed by atoms with Crippen molar-refractivity contribution in [3.8, 4) is 6.01 Å². The predicted octanol–water partition coefficient (Wildman–Crippen LogP) is -0.388. The third kappa shape index (κ3) is 3.91. The molecular formula is C10H13ClN4O5S. The van der Waals surface area contributed by atoms with E-state index in [1.54, 1.807) is 0 Å². The largest absolute Gasteiger partial charge is 0.480 e. The zero-order valence-corrected chi connectivity index (χ0v) is 12.6. The summed E-state index contributed by atoms with van der Waals surface area (Å²) >= 11 is 5.74. The van der Waals surface area contributed by atoms with E-state index in [2.05, 4.69) is 15.0 Å². The number of ether oxygens (including phenoxy) is 1. The fourth-order valence-electron chi connectivity index (χ4n) is 2.07. The summed E-state index contributed by atoms with van der Waals surface area (Å²) in [4.78, 5) is 23.8. The number of carbonyl (C=O) groups is 1. The fraction of sp³-hybridized carbons (Fsp3) is 0.600. The molecule has 1 aliphatic heterocycles. The molecule has 2 rings (SSSR count). The van der Waals surface area contributed by atoms with Gasteiger partial charge in [0.2, 0.25) is 11.2 Å². The van der Waals surface area contributed by atoms with Gasteiger partial charge in [0.05, 0.1) is 18.6 Å². The van der Waals surface area contributed by atoms with Gasteiger partial charge >= 0.3 is 12.0 Å². The molecule has 11 heteroatoms. The highest BCUT2D eigenvalue weighted by atomic mass is 35.5. The first-order valence-corrected chi connectivity index (χ1v) is 8.15. The monoisotopic (exact) mass is 336 g/mol. The molecule has 1 aromatic rings. The van der Waals surface area contributed by atoms with E-state index in [1.165, 1.54) is 12.0 Å². The highest BCUT2D eigenvalue weighted by molar-refractivity contribution is 7.91. The van der Waals surface area contributed by atoms with Crippen LogP contribution in [-0.4, -0.2) is 65.6 Å². The van der Waals surface area contributed by atoms with Gasteiger partial charge in [-0.1, -0.05) is 0 Å². The summed E-state index contributed by atoms with van der Waals surface area (Å²) < 4.78 is 28.0. The molecule has 1 aliphatic rings. The molecule has 0 aliphatic carbocycles. The summed E-state index contributed by atoms with van der Waals surface area (Å²) in [6.45, 7) is -0.441. The lowest BCUT2D eigenvalue weighted by molar-refractivity contribution is -0.135. The second kappa shape index (κ2) is 5.98. The van der Waals surface area contributed by atoms with E-state index in [0.717, 1.165) is 0 Å². The van der Waals surface area contributed by atoms with Gasteiger partial charge in [0.15, 0.2) is 9.84 Å². The Labute approximate surface area is 125 Å². The third-order valence-corrected chi connectivity index (χ3v) is 4.89. The van der Waals surface area contributed by atoms with Gasteiger partial charge in [0.25, 0.3) is 0 Å². The zero-order valence-electron chi connectivity index (χ0n) is 11.1. The number of aliphatic carboxylic acids is 1. The van der Waals surface area contributed by atoms with Gasteiger partial charge < -0.3 is 14.7 Å². The predicted molar refractivity (Wildman–Crippen MR) is 73.4 cm³/mol. The molecule has 1 unspecified atom stereocenters. The number of rotatable bonds is 5. The summed E-state index contributed by atoms with van der Waals surface area (Å²) in [7, 11) is -1.85. The average Bonchev–Trinajstić information content (AvgIpc) is 2.75. The van der Waals surface area contributed by atoms with E-state index in [9.17, 15) is 13.2 Å². The second-order valence-electron chi connectivity index (χ2n) is 4.47. The number of sulfone groups is 1. The van der Waals surface area contributed by atoms with E-state index in [4.69, 9.17) is 21.4 Å². The van der Waals surface area contributed by atoms with E-state index < -0.39 is 28.4 Å². The highest BCUT2D eigenvalue weighted by Gasteiger charge is 2.35. The lowest BCUT2D eigenvalue weighted by Crippen LogP contribution is -2.41. The van der Waals surface area contributed by atoms with Crippen molar-refractivity contribution in [2.75, 3.05) is 30.1 Å². The smallest absolute Gasteiger partial charge is 0.323 e. The lowest BCUT2D eigenvalue weighted by atomic mass is 10.2. The maximum atomic E-state index is 11.6. The van der Waals surface area contributed by atoms with Crippen LogP contribution in [0.3, 0.4) is 0 Å². The molecule has 0 radical (unpaired) electrons. The first kappa shape index (κ1) is 15.7. The fourth-order valence-corrected chi connectivity index (χ4v) is 3.95. The zero-order chi connectivity index (χ0) is 15.6. The number of carboxylic acids is 1. The Morgan fingerprint density at radius 2 is 2.19 bits per heavy atom.